The van der Waals surface area contributed by atoms with Crippen molar-refractivity contribution in [3.05, 3.63) is 12.2 Å². The van der Waals surface area contributed by atoms with E-state index in [2.05, 4.69) is 19.1 Å². The van der Waals surface area contributed by atoms with Gasteiger partial charge in [0, 0.05) is 0 Å². The van der Waals surface area contributed by atoms with Crippen molar-refractivity contribution in [2.24, 2.45) is 11.5 Å². The Morgan fingerprint density at radius 1 is 0.857 bits per heavy atom. The Morgan fingerprint density at radius 2 is 1.33 bits per heavy atom. The van der Waals surface area contributed by atoms with Gasteiger partial charge >= 0.3 is 0 Å². The molecule has 0 saturated heterocycles. The number of amides is 1. The molecule has 0 saturated carbocycles. The molecular formula is C18H36N2O. The van der Waals surface area contributed by atoms with Crippen molar-refractivity contribution in [1.82, 2.24) is 0 Å². The van der Waals surface area contributed by atoms with Crippen molar-refractivity contribution in [3.8, 4) is 0 Å². The molecule has 0 aromatic rings. The summed E-state index contributed by atoms with van der Waals surface area (Å²) in [4.78, 5) is 10.8. The van der Waals surface area contributed by atoms with Gasteiger partial charge in [0.2, 0.25) is 5.91 Å². The first-order chi connectivity index (χ1) is 10.2. The van der Waals surface area contributed by atoms with Gasteiger partial charge in [-0.1, -0.05) is 70.4 Å². The van der Waals surface area contributed by atoms with Crippen LogP contribution in [0.25, 0.3) is 0 Å². The summed E-state index contributed by atoms with van der Waals surface area (Å²) in [5, 5.41) is 0. The Hall–Kier alpha value is -0.830. The lowest BCUT2D eigenvalue weighted by atomic mass is 10.1. The summed E-state index contributed by atoms with van der Waals surface area (Å²) in [5.74, 6) is -0.382. The van der Waals surface area contributed by atoms with E-state index in [1.54, 1.807) is 0 Å². The van der Waals surface area contributed by atoms with Gasteiger partial charge in [-0.05, 0) is 32.1 Å². The van der Waals surface area contributed by atoms with Crippen molar-refractivity contribution in [2.75, 3.05) is 0 Å². The van der Waals surface area contributed by atoms with E-state index in [4.69, 9.17) is 11.5 Å². The fraction of sp³-hybridized carbons (Fsp3) is 0.833. The van der Waals surface area contributed by atoms with Crippen molar-refractivity contribution < 1.29 is 4.79 Å². The number of carbonyl (C=O) groups excluding carboxylic acids is 1. The lowest BCUT2D eigenvalue weighted by molar-refractivity contribution is -0.119. The number of unbranched alkanes of at least 4 members (excludes halogenated alkanes) is 10. The number of primary amides is 1. The van der Waals surface area contributed by atoms with Crippen LogP contribution in [0.15, 0.2) is 12.2 Å². The number of carbonyl (C=O) groups is 1. The molecule has 1 unspecified atom stereocenters. The minimum Gasteiger partial charge on any atom is -0.368 e. The van der Waals surface area contributed by atoms with Crippen LogP contribution in [0.3, 0.4) is 0 Å². The lowest BCUT2D eigenvalue weighted by Gasteiger charge is -2.06. The maximum Gasteiger partial charge on any atom is 0.234 e. The molecule has 3 heteroatoms. The molecule has 0 rings (SSSR count). The summed E-state index contributed by atoms with van der Waals surface area (Å²) in [6.07, 6.45) is 20.6. The number of hydrogen-bond donors (Lipinski definition) is 2. The number of rotatable bonds is 15. The fourth-order valence-corrected chi connectivity index (χ4v) is 2.40. The molecule has 0 fully saturated rings. The molecule has 0 aliphatic rings. The molecular weight excluding hydrogens is 260 g/mol. The molecule has 4 N–H and O–H groups in total. The maximum atomic E-state index is 10.8. The third-order valence-electron chi connectivity index (χ3n) is 3.89. The van der Waals surface area contributed by atoms with E-state index in [0.29, 0.717) is 0 Å². The number of hydrogen-bond acceptors (Lipinski definition) is 2. The third-order valence-corrected chi connectivity index (χ3v) is 3.89. The van der Waals surface area contributed by atoms with Gasteiger partial charge in [-0.15, -0.1) is 0 Å². The van der Waals surface area contributed by atoms with Crippen LogP contribution in [-0.4, -0.2) is 11.9 Å². The highest BCUT2D eigenvalue weighted by Crippen LogP contribution is 2.09. The fourth-order valence-electron chi connectivity index (χ4n) is 2.40. The molecule has 1 atom stereocenters. The lowest BCUT2D eigenvalue weighted by Crippen LogP contribution is -2.36. The predicted octanol–water partition coefficient (Wildman–Crippen LogP) is 4.45. The van der Waals surface area contributed by atoms with E-state index >= 15 is 0 Å². The van der Waals surface area contributed by atoms with Gasteiger partial charge in [-0.3, -0.25) is 4.79 Å². The van der Waals surface area contributed by atoms with E-state index in [9.17, 15) is 4.79 Å². The Labute approximate surface area is 131 Å². The second kappa shape index (κ2) is 15.6. The van der Waals surface area contributed by atoms with Crippen LogP contribution in [0.2, 0.25) is 0 Å². The van der Waals surface area contributed by atoms with Gasteiger partial charge < -0.3 is 11.5 Å². The first kappa shape index (κ1) is 20.2. The molecule has 0 radical (unpaired) electrons. The van der Waals surface area contributed by atoms with Crippen LogP contribution in [0.4, 0.5) is 0 Å². The second-order valence-corrected chi connectivity index (χ2v) is 6.03. The Morgan fingerprint density at radius 3 is 1.86 bits per heavy atom. The maximum absolute atomic E-state index is 10.8. The first-order valence-electron chi connectivity index (χ1n) is 8.88. The van der Waals surface area contributed by atoms with Gasteiger partial charge in [-0.2, -0.15) is 0 Å². The van der Waals surface area contributed by atoms with Gasteiger partial charge in [-0.25, -0.2) is 0 Å². The molecule has 0 aromatic heterocycles. The van der Waals surface area contributed by atoms with E-state index in [0.717, 1.165) is 19.3 Å². The molecule has 0 bridgehead atoms. The van der Waals surface area contributed by atoms with Crippen LogP contribution in [0.5, 0.6) is 0 Å². The molecule has 0 aliphatic carbocycles. The molecule has 3 nitrogen and oxygen atoms in total. The first-order valence-corrected chi connectivity index (χ1v) is 8.88. The predicted molar refractivity (Wildman–Crippen MR) is 92.0 cm³/mol. The molecule has 0 spiro atoms. The van der Waals surface area contributed by atoms with E-state index in [1.165, 1.54) is 64.2 Å². The SMILES string of the molecule is CCCCCCCC/C=C\CCCCCCC(N)C(N)=O. The Kier molecular flexibility index (Phi) is 14.9. The highest BCUT2D eigenvalue weighted by molar-refractivity contribution is 5.79. The third kappa shape index (κ3) is 15.4. The van der Waals surface area contributed by atoms with Gasteiger partial charge in [0.15, 0.2) is 0 Å². The highest BCUT2D eigenvalue weighted by atomic mass is 16.1. The van der Waals surface area contributed by atoms with E-state index in [1.807, 2.05) is 0 Å². The van der Waals surface area contributed by atoms with Crippen molar-refractivity contribution in [2.45, 2.75) is 96.4 Å². The zero-order chi connectivity index (χ0) is 15.8. The number of nitrogens with two attached hydrogens (primary N) is 2. The zero-order valence-corrected chi connectivity index (χ0v) is 14.0. The van der Waals surface area contributed by atoms with E-state index < -0.39 is 6.04 Å². The van der Waals surface area contributed by atoms with Crippen LogP contribution in [0, 0.1) is 0 Å². The standard InChI is InChI=1S/C18H36N2O/c1-2-3-4-5-6-7-8-9-10-11-12-13-14-15-16-17(19)18(20)21/h9-10,17H,2-8,11-16,19H2,1H3,(H2,20,21)/b10-9-. The van der Waals surface area contributed by atoms with Crippen LogP contribution in [-0.2, 0) is 4.79 Å². The quantitative estimate of drug-likeness (QED) is 0.346. The summed E-state index contributed by atoms with van der Waals surface area (Å²) < 4.78 is 0. The smallest absolute Gasteiger partial charge is 0.234 e. The highest BCUT2D eigenvalue weighted by Gasteiger charge is 2.07. The Balaban J connectivity index is 3.17. The molecule has 21 heavy (non-hydrogen) atoms. The normalized spacial score (nSPS) is 12.9. The average molecular weight is 296 g/mol. The summed E-state index contributed by atoms with van der Waals surface area (Å²) in [7, 11) is 0. The van der Waals surface area contributed by atoms with E-state index in [-0.39, 0.29) is 5.91 Å². The molecule has 0 aromatic carbocycles. The van der Waals surface area contributed by atoms with Gasteiger partial charge in [0.05, 0.1) is 6.04 Å². The largest absolute Gasteiger partial charge is 0.368 e. The van der Waals surface area contributed by atoms with Crippen LogP contribution < -0.4 is 11.5 Å². The minimum absolute atomic E-state index is 0.382. The minimum atomic E-state index is -0.456. The second-order valence-electron chi connectivity index (χ2n) is 6.03. The summed E-state index contributed by atoms with van der Waals surface area (Å²) >= 11 is 0. The van der Waals surface area contributed by atoms with Crippen LogP contribution in [0.1, 0.15) is 90.4 Å². The average Bonchev–Trinajstić information content (AvgIpc) is 2.47. The number of allylic oxidation sites excluding steroid dienone is 2. The Bertz CT molecular complexity index is 264. The molecule has 1 amide bonds. The summed E-state index contributed by atoms with van der Waals surface area (Å²) in [5.41, 5.74) is 10.7. The topological polar surface area (TPSA) is 69.1 Å². The van der Waals surface area contributed by atoms with Crippen molar-refractivity contribution >= 4 is 5.91 Å². The monoisotopic (exact) mass is 296 g/mol. The van der Waals surface area contributed by atoms with Crippen LogP contribution >= 0.6 is 0 Å². The van der Waals surface area contributed by atoms with Crippen molar-refractivity contribution in [3.63, 3.8) is 0 Å². The molecule has 124 valence electrons. The van der Waals surface area contributed by atoms with Gasteiger partial charge in [0.1, 0.15) is 0 Å². The molecule has 0 heterocycles. The van der Waals surface area contributed by atoms with Crippen molar-refractivity contribution in [1.29, 1.82) is 0 Å². The summed E-state index contributed by atoms with van der Waals surface area (Å²) in [6, 6.07) is -0.456. The van der Waals surface area contributed by atoms with Gasteiger partial charge in [0.25, 0.3) is 0 Å². The zero-order valence-electron chi connectivity index (χ0n) is 14.0. The summed E-state index contributed by atoms with van der Waals surface area (Å²) in [6.45, 7) is 2.26. The molecule has 0 aliphatic heterocycles.